The quantitative estimate of drug-likeness (QED) is 0.903. The first-order chi connectivity index (χ1) is 10.9. The third-order valence-corrected chi connectivity index (χ3v) is 4.51. The molecular formula is C17H22ClFN4O. The van der Waals surface area contributed by atoms with Gasteiger partial charge in [0.05, 0.1) is 0 Å². The fourth-order valence-electron chi connectivity index (χ4n) is 2.92. The normalized spacial score (nSPS) is 19.7. The molecule has 1 fully saturated rings. The second-order valence-electron chi connectivity index (χ2n) is 6.71. The van der Waals surface area contributed by atoms with Crippen molar-refractivity contribution in [3.63, 3.8) is 0 Å². The first kappa shape index (κ1) is 18.4. The van der Waals surface area contributed by atoms with E-state index in [9.17, 15) is 9.18 Å². The summed E-state index contributed by atoms with van der Waals surface area (Å²) in [6, 6.07) is 8.05. The van der Waals surface area contributed by atoms with Crippen molar-refractivity contribution < 1.29 is 9.18 Å². The van der Waals surface area contributed by atoms with Gasteiger partial charge in [-0.2, -0.15) is 5.10 Å². The monoisotopic (exact) mass is 352 g/mol. The number of amides is 1. The number of likely N-dealkylation sites (tertiary alicyclic amines) is 1. The van der Waals surface area contributed by atoms with Gasteiger partial charge >= 0.3 is 0 Å². The van der Waals surface area contributed by atoms with Crippen molar-refractivity contribution in [2.45, 2.75) is 26.3 Å². The second kappa shape index (κ2) is 6.91. The zero-order valence-corrected chi connectivity index (χ0v) is 14.6. The molecule has 130 valence electrons. The van der Waals surface area contributed by atoms with Gasteiger partial charge in [0.15, 0.2) is 5.69 Å². The van der Waals surface area contributed by atoms with Crippen molar-refractivity contribution in [1.29, 1.82) is 0 Å². The van der Waals surface area contributed by atoms with Crippen LogP contribution >= 0.6 is 12.4 Å². The molecule has 7 heteroatoms. The third-order valence-electron chi connectivity index (χ3n) is 4.51. The number of carbonyl (C=O) groups is 1. The molecule has 3 rings (SSSR count). The number of hydrogen-bond donors (Lipinski definition) is 1. The number of para-hydroxylation sites is 1. The Morgan fingerprint density at radius 2 is 2.04 bits per heavy atom. The van der Waals surface area contributed by atoms with Crippen LogP contribution in [-0.2, 0) is 0 Å². The number of piperidine rings is 1. The average molecular weight is 353 g/mol. The summed E-state index contributed by atoms with van der Waals surface area (Å²) in [6.07, 6.45) is 2.37. The third kappa shape index (κ3) is 3.44. The molecule has 1 aromatic heterocycles. The molecule has 1 amide bonds. The Balaban J connectivity index is 0.00000208. The van der Waals surface area contributed by atoms with Gasteiger partial charge in [-0.05, 0) is 30.0 Å². The largest absolute Gasteiger partial charge is 0.337 e. The summed E-state index contributed by atoms with van der Waals surface area (Å²) in [7, 11) is 0. The van der Waals surface area contributed by atoms with Gasteiger partial charge in [0.2, 0.25) is 0 Å². The highest BCUT2D eigenvalue weighted by Gasteiger charge is 2.36. The molecule has 1 atom stereocenters. The molecule has 0 bridgehead atoms. The summed E-state index contributed by atoms with van der Waals surface area (Å²) in [5.41, 5.74) is 6.63. The highest BCUT2D eigenvalue weighted by atomic mass is 35.5. The van der Waals surface area contributed by atoms with Gasteiger partial charge in [0.1, 0.15) is 11.5 Å². The number of nitrogens with zero attached hydrogens (tertiary/aromatic N) is 3. The van der Waals surface area contributed by atoms with Crippen molar-refractivity contribution in [3.8, 4) is 5.69 Å². The molecule has 1 aromatic carbocycles. The molecule has 24 heavy (non-hydrogen) atoms. The van der Waals surface area contributed by atoms with Crippen LogP contribution in [0.25, 0.3) is 5.69 Å². The maximum absolute atomic E-state index is 13.8. The lowest BCUT2D eigenvalue weighted by Gasteiger charge is -2.42. The van der Waals surface area contributed by atoms with Gasteiger partial charge in [-0.25, -0.2) is 9.07 Å². The Bertz CT molecular complexity index is 731. The number of rotatable bonds is 2. The van der Waals surface area contributed by atoms with Crippen molar-refractivity contribution in [3.05, 3.63) is 48.0 Å². The van der Waals surface area contributed by atoms with E-state index in [0.29, 0.717) is 24.5 Å². The molecular weight excluding hydrogens is 331 g/mol. The lowest BCUT2D eigenvalue weighted by Crippen LogP contribution is -2.54. The first-order valence-corrected chi connectivity index (χ1v) is 7.74. The van der Waals surface area contributed by atoms with Crippen LogP contribution in [0.5, 0.6) is 0 Å². The van der Waals surface area contributed by atoms with Crippen LogP contribution in [0.2, 0.25) is 0 Å². The zero-order valence-electron chi connectivity index (χ0n) is 13.8. The van der Waals surface area contributed by atoms with Gasteiger partial charge in [-0.3, -0.25) is 4.79 Å². The molecule has 2 N–H and O–H groups in total. The van der Waals surface area contributed by atoms with E-state index in [-0.39, 0.29) is 35.6 Å². The van der Waals surface area contributed by atoms with Crippen molar-refractivity contribution in [1.82, 2.24) is 14.7 Å². The molecule has 0 saturated carbocycles. The minimum atomic E-state index is -0.375. The Morgan fingerprint density at radius 1 is 1.33 bits per heavy atom. The van der Waals surface area contributed by atoms with Crippen molar-refractivity contribution in [2.75, 3.05) is 13.1 Å². The molecule has 0 aliphatic carbocycles. The van der Waals surface area contributed by atoms with Crippen LogP contribution in [0.1, 0.15) is 30.8 Å². The van der Waals surface area contributed by atoms with Gasteiger partial charge in [0.25, 0.3) is 5.91 Å². The fourth-order valence-corrected chi connectivity index (χ4v) is 2.92. The predicted molar refractivity (Wildman–Crippen MR) is 93.0 cm³/mol. The van der Waals surface area contributed by atoms with E-state index in [0.717, 1.165) is 6.42 Å². The molecule has 2 aromatic rings. The van der Waals surface area contributed by atoms with Crippen LogP contribution in [0.4, 0.5) is 4.39 Å². The number of hydrogen-bond acceptors (Lipinski definition) is 3. The van der Waals surface area contributed by atoms with Crippen LogP contribution < -0.4 is 5.73 Å². The Morgan fingerprint density at radius 3 is 2.71 bits per heavy atom. The standard InChI is InChI=1S/C17H21FN4O.ClH/c1-17(2)11-21(9-8-15(17)19)16(23)13-7-10-22(20-13)14-6-4-3-5-12(14)18;/h3-7,10,15H,8-9,11,19H2,1-2H3;1H. The topological polar surface area (TPSA) is 64.2 Å². The predicted octanol–water partition coefficient (Wildman–Crippen LogP) is 2.63. The second-order valence-corrected chi connectivity index (χ2v) is 6.71. The molecule has 0 spiro atoms. The number of benzene rings is 1. The van der Waals surface area contributed by atoms with Gasteiger partial charge in [-0.1, -0.05) is 26.0 Å². The summed E-state index contributed by atoms with van der Waals surface area (Å²) >= 11 is 0. The van der Waals surface area contributed by atoms with Gasteiger partial charge < -0.3 is 10.6 Å². The summed E-state index contributed by atoms with van der Waals surface area (Å²) in [6.45, 7) is 5.35. The molecule has 1 unspecified atom stereocenters. The maximum atomic E-state index is 13.8. The summed E-state index contributed by atoms with van der Waals surface area (Å²) in [5, 5.41) is 4.24. The lowest BCUT2D eigenvalue weighted by molar-refractivity contribution is 0.0527. The minimum Gasteiger partial charge on any atom is -0.337 e. The number of nitrogens with two attached hydrogens (primary N) is 1. The van der Waals surface area contributed by atoms with Crippen LogP contribution in [0.3, 0.4) is 0 Å². The van der Waals surface area contributed by atoms with E-state index < -0.39 is 0 Å². The van der Waals surface area contributed by atoms with E-state index in [4.69, 9.17) is 5.73 Å². The van der Waals surface area contributed by atoms with E-state index >= 15 is 0 Å². The molecule has 1 aliphatic rings. The number of halogens is 2. The minimum absolute atomic E-state index is 0. The molecule has 1 saturated heterocycles. The molecule has 1 aliphatic heterocycles. The van der Waals surface area contributed by atoms with Crippen molar-refractivity contribution >= 4 is 18.3 Å². The van der Waals surface area contributed by atoms with Crippen LogP contribution in [-0.4, -0.2) is 39.7 Å². The van der Waals surface area contributed by atoms with E-state index in [2.05, 4.69) is 18.9 Å². The van der Waals surface area contributed by atoms with Crippen LogP contribution in [0.15, 0.2) is 36.5 Å². The molecule has 5 nitrogen and oxygen atoms in total. The smallest absolute Gasteiger partial charge is 0.274 e. The van der Waals surface area contributed by atoms with E-state index in [1.54, 1.807) is 35.4 Å². The Kier molecular flexibility index (Phi) is 5.30. The summed E-state index contributed by atoms with van der Waals surface area (Å²) in [5.74, 6) is -0.514. The fraction of sp³-hybridized carbons (Fsp3) is 0.412. The Labute approximate surface area is 147 Å². The summed E-state index contributed by atoms with van der Waals surface area (Å²) in [4.78, 5) is 14.4. The molecule has 0 radical (unpaired) electrons. The SMILES string of the molecule is CC1(C)CN(C(=O)c2ccn(-c3ccccc3F)n2)CCC1N.Cl. The van der Waals surface area contributed by atoms with E-state index in [1.165, 1.54) is 10.7 Å². The summed E-state index contributed by atoms with van der Waals surface area (Å²) < 4.78 is 15.2. The van der Waals surface area contributed by atoms with Crippen LogP contribution in [0, 0.1) is 11.2 Å². The zero-order chi connectivity index (χ0) is 16.6. The highest BCUT2D eigenvalue weighted by molar-refractivity contribution is 5.92. The lowest BCUT2D eigenvalue weighted by atomic mass is 9.79. The number of carbonyl (C=O) groups excluding carboxylic acids is 1. The Hall–Kier alpha value is -1.92. The maximum Gasteiger partial charge on any atom is 0.274 e. The van der Waals surface area contributed by atoms with Gasteiger partial charge in [0, 0.05) is 25.3 Å². The number of aromatic nitrogens is 2. The van der Waals surface area contributed by atoms with Crippen molar-refractivity contribution in [2.24, 2.45) is 11.1 Å². The van der Waals surface area contributed by atoms with E-state index in [1.807, 2.05) is 0 Å². The molecule has 2 heterocycles. The van der Waals surface area contributed by atoms with Gasteiger partial charge in [-0.15, -0.1) is 12.4 Å². The highest BCUT2D eigenvalue weighted by Crippen LogP contribution is 2.28. The first-order valence-electron chi connectivity index (χ1n) is 7.74. The average Bonchev–Trinajstić information content (AvgIpc) is 2.99.